The van der Waals surface area contributed by atoms with E-state index in [1.165, 1.54) is 19.3 Å². The molecule has 0 aromatic heterocycles. The van der Waals surface area contributed by atoms with Crippen LogP contribution in [-0.2, 0) is 4.79 Å². The van der Waals surface area contributed by atoms with Gasteiger partial charge in [0.25, 0.3) is 0 Å². The second-order valence-corrected chi connectivity index (χ2v) is 5.59. The molecule has 4 heteroatoms. The van der Waals surface area contributed by atoms with E-state index in [1.807, 2.05) is 30.3 Å². The fraction of sp³-hybridized carbons (Fsp3) is 0.588. The molecule has 0 spiro atoms. The Balaban J connectivity index is 1.63. The Morgan fingerprint density at radius 3 is 2.95 bits per heavy atom. The lowest BCUT2D eigenvalue weighted by Gasteiger charge is -2.32. The summed E-state index contributed by atoms with van der Waals surface area (Å²) in [7, 11) is 0. The van der Waals surface area contributed by atoms with Gasteiger partial charge in [-0.05, 0) is 37.4 Å². The Hall–Kier alpha value is -1.55. The van der Waals surface area contributed by atoms with Gasteiger partial charge in [-0.2, -0.15) is 0 Å². The van der Waals surface area contributed by atoms with E-state index in [4.69, 9.17) is 4.74 Å². The molecule has 1 amide bonds. The van der Waals surface area contributed by atoms with Crippen LogP contribution >= 0.6 is 0 Å². The SMILES string of the molecule is CCC1CCCNC1CNC(=O)CCOc1ccccc1. The van der Waals surface area contributed by atoms with Gasteiger partial charge in [0.2, 0.25) is 5.91 Å². The van der Waals surface area contributed by atoms with Crippen LogP contribution in [0.25, 0.3) is 0 Å². The van der Waals surface area contributed by atoms with E-state index in [0.29, 0.717) is 25.0 Å². The van der Waals surface area contributed by atoms with Crippen LogP contribution < -0.4 is 15.4 Å². The zero-order chi connectivity index (χ0) is 14.9. The van der Waals surface area contributed by atoms with Crippen LogP contribution in [0.1, 0.15) is 32.6 Å². The molecule has 1 saturated heterocycles. The third kappa shape index (κ3) is 5.38. The summed E-state index contributed by atoms with van der Waals surface area (Å²) in [6.45, 7) is 4.43. The molecule has 1 heterocycles. The third-order valence-corrected chi connectivity index (χ3v) is 4.11. The number of hydrogen-bond donors (Lipinski definition) is 2. The van der Waals surface area contributed by atoms with Crippen LogP contribution in [0, 0.1) is 5.92 Å². The van der Waals surface area contributed by atoms with Gasteiger partial charge in [-0.3, -0.25) is 4.79 Å². The Morgan fingerprint density at radius 1 is 1.38 bits per heavy atom. The summed E-state index contributed by atoms with van der Waals surface area (Å²) in [5.74, 6) is 1.55. The average molecular weight is 290 g/mol. The minimum Gasteiger partial charge on any atom is -0.493 e. The lowest BCUT2D eigenvalue weighted by Crippen LogP contribution is -2.48. The molecule has 0 radical (unpaired) electrons. The van der Waals surface area contributed by atoms with Gasteiger partial charge < -0.3 is 15.4 Å². The van der Waals surface area contributed by atoms with Gasteiger partial charge >= 0.3 is 0 Å². The maximum Gasteiger partial charge on any atom is 0.223 e. The molecule has 2 unspecified atom stereocenters. The summed E-state index contributed by atoms with van der Waals surface area (Å²) in [6.07, 6.45) is 4.08. The maximum absolute atomic E-state index is 11.9. The highest BCUT2D eigenvalue weighted by molar-refractivity contribution is 5.76. The largest absolute Gasteiger partial charge is 0.493 e. The molecule has 116 valence electrons. The van der Waals surface area contributed by atoms with E-state index in [1.54, 1.807) is 0 Å². The number of piperidine rings is 1. The summed E-state index contributed by atoms with van der Waals surface area (Å²) in [5, 5.41) is 6.53. The van der Waals surface area contributed by atoms with Crippen molar-refractivity contribution in [1.29, 1.82) is 0 Å². The van der Waals surface area contributed by atoms with Crippen LogP contribution in [0.4, 0.5) is 0 Å². The van der Waals surface area contributed by atoms with Crippen molar-refractivity contribution in [3.63, 3.8) is 0 Å². The smallest absolute Gasteiger partial charge is 0.223 e. The van der Waals surface area contributed by atoms with Gasteiger partial charge in [0, 0.05) is 12.6 Å². The maximum atomic E-state index is 11.9. The van der Waals surface area contributed by atoms with Crippen molar-refractivity contribution < 1.29 is 9.53 Å². The number of benzene rings is 1. The zero-order valence-electron chi connectivity index (χ0n) is 12.8. The fourth-order valence-corrected chi connectivity index (χ4v) is 2.84. The normalized spacial score (nSPS) is 21.8. The first-order valence-electron chi connectivity index (χ1n) is 7.97. The number of ether oxygens (including phenoxy) is 1. The van der Waals surface area contributed by atoms with Crippen molar-refractivity contribution in [2.45, 2.75) is 38.6 Å². The highest BCUT2D eigenvalue weighted by atomic mass is 16.5. The molecule has 1 fully saturated rings. The number of nitrogens with one attached hydrogen (secondary N) is 2. The summed E-state index contributed by atoms with van der Waals surface area (Å²) in [6, 6.07) is 10.0. The van der Waals surface area contributed by atoms with Gasteiger partial charge in [-0.15, -0.1) is 0 Å². The number of hydrogen-bond acceptors (Lipinski definition) is 3. The second-order valence-electron chi connectivity index (χ2n) is 5.59. The van der Waals surface area contributed by atoms with Crippen LogP contribution in [0.3, 0.4) is 0 Å². The van der Waals surface area contributed by atoms with Crippen LogP contribution in [0.2, 0.25) is 0 Å². The van der Waals surface area contributed by atoms with E-state index in [2.05, 4.69) is 17.6 Å². The van der Waals surface area contributed by atoms with Crippen LogP contribution in [0.5, 0.6) is 5.75 Å². The summed E-state index contributed by atoms with van der Waals surface area (Å²) in [4.78, 5) is 11.9. The molecule has 1 aromatic carbocycles. The number of rotatable bonds is 7. The quantitative estimate of drug-likeness (QED) is 0.810. The predicted octanol–water partition coefficient (Wildman–Crippen LogP) is 2.35. The molecular formula is C17H26N2O2. The van der Waals surface area contributed by atoms with Gasteiger partial charge in [0.15, 0.2) is 0 Å². The monoisotopic (exact) mass is 290 g/mol. The van der Waals surface area contributed by atoms with E-state index in [9.17, 15) is 4.79 Å². The average Bonchev–Trinajstić information content (AvgIpc) is 2.54. The Morgan fingerprint density at radius 2 is 2.19 bits per heavy atom. The molecule has 2 atom stereocenters. The number of carbonyl (C=O) groups is 1. The molecule has 1 aromatic rings. The molecule has 1 aliphatic rings. The zero-order valence-corrected chi connectivity index (χ0v) is 12.8. The molecule has 4 nitrogen and oxygen atoms in total. The fourth-order valence-electron chi connectivity index (χ4n) is 2.84. The van der Waals surface area contributed by atoms with Gasteiger partial charge in [-0.25, -0.2) is 0 Å². The third-order valence-electron chi connectivity index (χ3n) is 4.11. The lowest BCUT2D eigenvalue weighted by molar-refractivity contribution is -0.121. The van der Waals surface area contributed by atoms with Crippen molar-refractivity contribution in [2.75, 3.05) is 19.7 Å². The Labute approximate surface area is 127 Å². The minimum absolute atomic E-state index is 0.0631. The van der Waals surface area contributed by atoms with Gasteiger partial charge in [0.1, 0.15) is 5.75 Å². The molecule has 0 saturated carbocycles. The first-order chi connectivity index (χ1) is 10.3. The van der Waals surface area contributed by atoms with Crippen molar-refractivity contribution >= 4 is 5.91 Å². The molecule has 2 rings (SSSR count). The molecule has 1 aliphatic heterocycles. The molecule has 0 aliphatic carbocycles. The van der Waals surface area contributed by atoms with E-state index in [-0.39, 0.29) is 5.91 Å². The topological polar surface area (TPSA) is 50.4 Å². The standard InChI is InChI=1S/C17H26N2O2/c1-2-14-7-6-11-18-16(14)13-19-17(20)10-12-21-15-8-4-3-5-9-15/h3-5,8-9,14,16,18H,2,6-7,10-13H2,1H3,(H,19,20). The summed E-state index contributed by atoms with van der Waals surface area (Å²) in [5.41, 5.74) is 0. The molecular weight excluding hydrogens is 264 g/mol. The van der Waals surface area contributed by atoms with Crippen molar-refractivity contribution in [1.82, 2.24) is 10.6 Å². The first kappa shape index (κ1) is 15.8. The van der Waals surface area contributed by atoms with Crippen molar-refractivity contribution in [2.24, 2.45) is 5.92 Å². The molecule has 0 bridgehead atoms. The Bertz CT molecular complexity index is 422. The minimum atomic E-state index is 0.0631. The van der Waals surface area contributed by atoms with Gasteiger partial charge in [-0.1, -0.05) is 31.5 Å². The van der Waals surface area contributed by atoms with Crippen molar-refractivity contribution in [3.05, 3.63) is 30.3 Å². The highest BCUT2D eigenvalue weighted by Gasteiger charge is 2.23. The highest BCUT2D eigenvalue weighted by Crippen LogP contribution is 2.19. The summed E-state index contributed by atoms with van der Waals surface area (Å²) < 4.78 is 5.53. The number of amides is 1. The van der Waals surface area contributed by atoms with Gasteiger partial charge in [0.05, 0.1) is 13.0 Å². The van der Waals surface area contributed by atoms with Crippen LogP contribution in [-0.4, -0.2) is 31.6 Å². The molecule has 21 heavy (non-hydrogen) atoms. The van der Waals surface area contributed by atoms with E-state index < -0.39 is 0 Å². The number of carbonyl (C=O) groups excluding carboxylic acids is 1. The summed E-state index contributed by atoms with van der Waals surface area (Å²) >= 11 is 0. The molecule has 2 N–H and O–H groups in total. The van der Waals surface area contributed by atoms with E-state index in [0.717, 1.165) is 18.8 Å². The van der Waals surface area contributed by atoms with Crippen LogP contribution in [0.15, 0.2) is 30.3 Å². The second kappa shape index (κ2) is 8.67. The Kier molecular flexibility index (Phi) is 6.54. The van der Waals surface area contributed by atoms with E-state index >= 15 is 0 Å². The first-order valence-corrected chi connectivity index (χ1v) is 7.97. The predicted molar refractivity (Wildman–Crippen MR) is 84.4 cm³/mol. The van der Waals surface area contributed by atoms with Crippen molar-refractivity contribution in [3.8, 4) is 5.75 Å². The number of para-hydroxylation sites is 1. The lowest BCUT2D eigenvalue weighted by atomic mass is 9.88.